The molecule has 0 bridgehead atoms. The van der Waals surface area contributed by atoms with Crippen LogP contribution in [0.5, 0.6) is 0 Å². The van der Waals surface area contributed by atoms with E-state index in [0.29, 0.717) is 51.9 Å². The molecule has 0 saturated carbocycles. The summed E-state index contributed by atoms with van der Waals surface area (Å²) < 4.78 is 0. The standard InChI is InChI=1S/2C14H17N3/c1-12-6-3-7-13(2)14(12)17(10-4-8-15)11-5-9-16;1-12-9-13(2)11-14(10-12)17(7-3-5-15)8-4-6-16/h3,6-7H,4-5,10-11H2,1-2H3;9-11H,3-4,7-8H2,1-2H3. The maximum atomic E-state index is 8.68. The lowest BCUT2D eigenvalue weighted by Crippen LogP contribution is -2.26. The molecule has 2 aromatic rings. The van der Waals surface area contributed by atoms with E-state index in [0.717, 1.165) is 11.4 Å². The molecule has 0 radical (unpaired) electrons. The van der Waals surface area contributed by atoms with Crippen molar-refractivity contribution in [1.82, 2.24) is 0 Å². The third-order valence-corrected chi connectivity index (χ3v) is 5.30. The molecule has 0 unspecified atom stereocenters. The molecule has 34 heavy (non-hydrogen) atoms. The summed E-state index contributed by atoms with van der Waals surface area (Å²) in [7, 11) is 0. The van der Waals surface area contributed by atoms with Crippen molar-refractivity contribution in [3.63, 3.8) is 0 Å². The van der Waals surface area contributed by atoms with E-state index in [1.165, 1.54) is 22.3 Å². The second kappa shape index (κ2) is 15.7. The number of rotatable bonds is 10. The van der Waals surface area contributed by atoms with Crippen molar-refractivity contribution in [3.8, 4) is 24.3 Å². The number of hydrogen-bond acceptors (Lipinski definition) is 6. The molecule has 0 heterocycles. The molecule has 0 atom stereocenters. The predicted octanol–water partition coefficient (Wildman–Crippen LogP) is 5.87. The first kappa shape index (κ1) is 28.0. The summed E-state index contributed by atoms with van der Waals surface area (Å²) in [4.78, 5) is 4.24. The van der Waals surface area contributed by atoms with Crippen LogP contribution in [-0.2, 0) is 0 Å². The lowest BCUT2D eigenvalue weighted by Gasteiger charge is -2.26. The number of benzene rings is 2. The monoisotopic (exact) mass is 454 g/mol. The molecule has 0 aliphatic heterocycles. The minimum Gasteiger partial charge on any atom is -0.369 e. The molecule has 6 nitrogen and oxygen atoms in total. The SMILES string of the molecule is Cc1cc(C)cc(N(CCC#N)CCC#N)c1.Cc1cccc(C)c1N(CCC#N)CCC#N. The first-order chi connectivity index (χ1) is 16.4. The van der Waals surface area contributed by atoms with Crippen molar-refractivity contribution in [3.05, 3.63) is 58.7 Å². The number of aryl methyl sites for hydroxylation is 4. The van der Waals surface area contributed by atoms with Crippen LogP contribution in [0.4, 0.5) is 11.4 Å². The summed E-state index contributed by atoms with van der Waals surface area (Å²) in [5.74, 6) is 0. The Bertz CT molecular complexity index is 1000. The zero-order valence-electron chi connectivity index (χ0n) is 20.8. The molecule has 0 aromatic heterocycles. The fourth-order valence-electron chi connectivity index (χ4n) is 3.88. The summed E-state index contributed by atoms with van der Waals surface area (Å²) in [6.07, 6.45) is 1.94. The van der Waals surface area contributed by atoms with Crippen molar-refractivity contribution in [2.45, 2.75) is 53.4 Å². The lowest BCUT2D eigenvalue weighted by atomic mass is 10.1. The van der Waals surface area contributed by atoms with Gasteiger partial charge in [-0.1, -0.05) is 24.3 Å². The van der Waals surface area contributed by atoms with E-state index in [-0.39, 0.29) is 0 Å². The van der Waals surface area contributed by atoms with Crippen molar-refractivity contribution < 1.29 is 0 Å². The van der Waals surface area contributed by atoms with E-state index in [1.54, 1.807) is 0 Å². The minimum atomic E-state index is 0.485. The molecule has 2 rings (SSSR count). The van der Waals surface area contributed by atoms with Gasteiger partial charge in [0.2, 0.25) is 0 Å². The molecule has 0 N–H and O–H groups in total. The third kappa shape index (κ3) is 9.65. The van der Waals surface area contributed by atoms with Gasteiger partial charge in [-0.3, -0.25) is 0 Å². The van der Waals surface area contributed by atoms with Gasteiger partial charge in [0, 0.05) is 37.6 Å². The Morgan fingerprint density at radius 3 is 1.35 bits per heavy atom. The highest BCUT2D eigenvalue weighted by molar-refractivity contribution is 5.59. The Morgan fingerprint density at radius 2 is 0.971 bits per heavy atom. The Labute approximate surface area is 204 Å². The van der Waals surface area contributed by atoms with Crippen molar-refractivity contribution >= 4 is 11.4 Å². The van der Waals surface area contributed by atoms with Crippen LogP contribution >= 0.6 is 0 Å². The van der Waals surface area contributed by atoms with Gasteiger partial charge in [-0.15, -0.1) is 0 Å². The highest BCUT2D eigenvalue weighted by Gasteiger charge is 2.11. The van der Waals surface area contributed by atoms with Crippen LogP contribution in [0, 0.1) is 73.0 Å². The van der Waals surface area contributed by atoms with Gasteiger partial charge in [-0.05, 0) is 62.1 Å². The van der Waals surface area contributed by atoms with Crippen LogP contribution in [0.25, 0.3) is 0 Å². The molecule has 0 fully saturated rings. The Hall–Kier alpha value is -4.00. The minimum absolute atomic E-state index is 0.485. The first-order valence-corrected chi connectivity index (χ1v) is 11.5. The van der Waals surface area contributed by atoms with Crippen LogP contribution < -0.4 is 9.80 Å². The molecule has 0 aliphatic carbocycles. The Morgan fingerprint density at radius 1 is 0.588 bits per heavy atom. The molecule has 0 saturated heterocycles. The molecular formula is C28H34N6. The zero-order valence-corrected chi connectivity index (χ0v) is 20.8. The van der Waals surface area contributed by atoms with Crippen LogP contribution in [0.3, 0.4) is 0 Å². The van der Waals surface area contributed by atoms with Crippen LogP contribution in [-0.4, -0.2) is 26.2 Å². The number of nitrogens with zero attached hydrogens (tertiary/aromatic N) is 6. The van der Waals surface area contributed by atoms with Gasteiger partial charge < -0.3 is 9.80 Å². The average molecular weight is 455 g/mol. The predicted molar refractivity (Wildman–Crippen MR) is 137 cm³/mol. The largest absolute Gasteiger partial charge is 0.369 e. The molecule has 0 spiro atoms. The maximum Gasteiger partial charge on any atom is 0.0640 e. The highest BCUT2D eigenvalue weighted by Crippen LogP contribution is 2.25. The van der Waals surface area contributed by atoms with Crippen LogP contribution in [0.1, 0.15) is 47.9 Å². The lowest BCUT2D eigenvalue weighted by molar-refractivity contribution is 0.790. The summed E-state index contributed by atoms with van der Waals surface area (Å²) in [6, 6.07) is 21.1. The van der Waals surface area contributed by atoms with Gasteiger partial charge in [0.1, 0.15) is 0 Å². The topological polar surface area (TPSA) is 102 Å². The number of hydrogen-bond donors (Lipinski definition) is 0. The van der Waals surface area contributed by atoms with Crippen LogP contribution in [0.2, 0.25) is 0 Å². The van der Waals surface area contributed by atoms with Crippen molar-refractivity contribution in [1.29, 1.82) is 21.0 Å². The molecule has 2 aromatic carbocycles. The first-order valence-electron chi connectivity index (χ1n) is 11.5. The molecule has 0 aliphatic rings. The van der Waals surface area contributed by atoms with Crippen LogP contribution in [0.15, 0.2) is 36.4 Å². The van der Waals surface area contributed by atoms with E-state index in [9.17, 15) is 0 Å². The summed E-state index contributed by atoms with van der Waals surface area (Å²) >= 11 is 0. The fraction of sp³-hybridized carbons (Fsp3) is 0.429. The van der Waals surface area contributed by atoms with E-state index in [2.05, 4.69) is 92.1 Å². The van der Waals surface area contributed by atoms with Gasteiger partial charge in [0.05, 0.1) is 50.0 Å². The van der Waals surface area contributed by atoms with E-state index in [1.807, 2.05) is 6.07 Å². The van der Waals surface area contributed by atoms with E-state index < -0.39 is 0 Å². The van der Waals surface area contributed by atoms with E-state index in [4.69, 9.17) is 21.0 Å². The zero-order chi connectivity index (χ0) is 25.3. The molecular weight excluding hydrogens is 420 g/mol. The summed E-state index contributed by atoms with van der Waals surface area (Å²) in [5, 5.41) is 34.7. The third-order valence-electron chi connectivity index (χ3n) is 5.30. The average Bonchev–Trinajstić information content (AvgIpc) is 2.80. The van der Waals surface area contributed by atoms with Crippen molar-refractivity contribution in [2.75, 3.05) is 36.0 Å². The second-order valence-corrected chi connectivity index (χ2v) is 8.19. The van der Waals surface area contributed by atoms with E-state index >= 15 is 0 Å². The molecule has 6 heteroatoms. The second-order valence-electron chi connectivity index (χ2n) is 8.19. The van der Waals surface area contributed by atoms with Gasteiger partial charge >= 0.3 is 0 Å². The van der Waals surface area contributed by atoms with Gasteiger partial charge in [0.25, 0.3) is 0 Å². The highest BCUT2D eigenvalue weighted by atomic mass is 15.1. The van der Waals surface area contributed by atoms with Gasteiger partial charge in [0.15, 0.2) is 0 Å². The van der Waals surface area contributed by atoms with Gasteiger partial charge in [-0.25, -0.2) is 0 Å². The fourth-order valence-corrected chi connectivity index (χ4v) is 3.88. The Balaban J connectivity index is 0.000000340. The number of anilines is 2. The molecule has 0 amide bonds. The Kier molecular flexibility index (Phi) is 13.0. The quantitative estimate of drug-likeness (QED) is 0.444. The maximum absolute atomic E-state index is 8.68. The molecule has 176 valence electrons. The smallest absolute Gasteiger partial charge is 0.0640 e. The summed E-state index contributed by atoms with van der Waals surface area (Å²) in [6.45, 7) is 11.0. The van der Waals surface area contributed by atoms with Gasteiger partial charge in [-0.2, -0.15) is 21.0 Å². The van der Waals surface area contributed by atoms with Crippen molar-refractivity contribution in [2.24, 2.45) is 0 Å². The number of para-hydroxylation sites is 1. The summed E-state index contributed by atoms with van der Waals surface area (Å²) in [5.41, 5.74) is 7.07. The number of nitriles is 4. The normalized spacial score (nSPS) is 9.41.